The van der Waals surface area contributed by atoms with Gasteiger partial charge in [-0.2, -0.15) is 0 Å². The summed E-state index contributed by atoms with van der Waals surface area (Å²) < 4.78 is 26.9. The van der Waals surface area contributed by atoms with Gasteiger partial charge in [0.15, 0.2) is 6.29 Å². The van der Waals surface area contributed by atoms with Crippen molar-refractivity contribution in [1.29, 1.82) is 0 Å². The number of carbonyl (C=O) groups is 1. The van der Waals surface area contributed by atoms with Crippen LogP contribution in [0.3, 0.4) is 0 Å². The van der Waals surface area contributed by atoms with Crippen LogP contribution in [-0.2, 0) is 13.0 Å². The Bertz CT molecular complexity index is 366. The van der Waals surface area contributed by atoms with Crippen LogP contribution in [0.4, 0.5) is 8.78 Å². The van der Waals surface area contributed by atoms with E-state index in [-0.39, 0.29) is 5.69 Å². The molecule has 1 N–H and O–H groups in total. The van der Waals surface area contributed by atoms with Gasteiger partial charge in [0.1, 0.15) is 18.8 Å². The van der Waals surface area contributed by atoms with E-state index in [1.54, 1.807) is 0 Å². The molecule has 90 valence electrons. The highest BCUT2D eigenvalue weighted by atomic mass is 19.3. The topological polar surface area (TPSA) is 68.0 Å². The van der Waals surface area contributed by atoms with Crippen molar-refractivity contribution in [3.63, 3.8) is 0 Å². The van der Waals surface area contributed by atoms with Gasteiger partial charge in [-0.3, -0.25) is 4.79 Å². The maximum atomic E-state index is 12.9. The maximum Gasteiger partial charge on any atom is 0.289 e. The molecule has 7 heteroatoms. The van der Waals surface area contributed by atoms with Gasteiger partial charge in [-0.25, -0.2) is 13.5 Å². The predicted molar refractivity (Wildman–Crippen MR) is 51.4 cm³/mol. The fourth-order valence-electron chi connectivity index (χ4n) is 1.33. The molecule has 1 rings (SSSR count). The highest BCUT2D eigenvalue weighted by Crippen LogP contribution is 2.17. The second-order valence-electron chi connectivity index (χ2n) is 3.46. The third kappa shape index (κ3) is 2.82. The molecule has 0 radical (unpaired) electrons. The average Bonchev–Trinajstić information content (AvgIpc) is 2.61. The summed E-state index contributed by atoms with van der Waals surface area (Å²) in [5, 5.41) is 15.4. The molecule has 0 atom stereocenters. The minimum atomic E-state index is -3.25. The molecule has 0 amide bonds. The number of hydrogen-bond acceptors (Lipinski definition) is 4. The monoisotopic (exact) mass is 233 g/mol. The third-order valence-corrected chi connectivity index (χ3v) is 2.08. The molecule has 1 aromatic heterocycles. The van der Waals surface area contributed by atoms with E-state index in [9.17, 15) is 13.6 Å². The van der Waals surface area contributed by atoms with E-state index in [1.165, 1.54) is 0 Å². The Morgan fingerprint density at radius 1 is 1.56 bits per heavy atom. The number of carbonyl (C=O) groups excluding carboxylic acids is 1. The number of halogens is 2. The molecule has 5 nitrogen and oxygen atoms in total. The van der Waals surface area contributed by atoms with E-state index < -0.39 is 19.1 Å². The number of rotatable bonds is 6. The highest BCUT2D eigenvalue weighted by molar-refractivity contribution is 5.73. The summed E-state index contributed by atoms with van der Waals surface area (Å²) >= 11 is 0. The second-order valence-corrected chi connectivity index (χ2v) is 3.46. The van der Waals surface area contributed by atoms with Gasteiger partial charge in [-0.05, 0) is 6.42 Å². The summed E-state index contributed by atoms with van der Waals surface area (Å²) in [6.45, 7) is -0.162. The molecule has 0 aliphatic rings. The molecule has 0 fully saturated rings. The Hall–Kier alpha value is -1.37. The van der Waals surface area contributed by atoms with Crippen molar-refractivity contribution < 1.29 is 18.7 Å². The molecule has 1 aromatic rings. The van der Waals surface area contributed by atoms with E-state index in [0.717, 1.165) is 4.68 Å². The largest absolute Gasteiger partial charge is 0.390 e. The van der Waals surface area contributed by atoms with Gasteiger partial charge in [0.25, 0.3) is 5.92 Å². The predicted octanol–water partition coefficient (Wildman–Crippen LogP) is 0.671. The van der Waals surface area contributed by atoms with Gasteiger partial charge in [0, 0.05) is 0 Å². The maximum absolute atomic E-state index is 12.9. The number of aliphatic hydroxyl groups excluding tert-OH is 1. The van der Waals surface area contributed by atoms with Crippen LogP contribution in [0.5, 0.6) is 0 Å². The lowest BCUT2D eigenvalue weighted by molar-refractivity contribution is -0.0660. The first kappa shape index (κ1) is 12.7. The molecule has 0 unspecified atom stereocenters. The fourth-order valence-corrected chi connectivity index (χ4v) is 1.33. The van der Waals surface area contributed by atoms with Crippen LogP contribution < -0.4 is 0 Å². The Kier molecular flexibility index (Phi) is 4.05. The van der Waals surface area contributed by atoms with Crippen molar-refractivity contribution in [3.05, 3.63) is 11.4 Å². The first-order valence-electron chi connectivity index (χ1n) is 4.90. The van der Waals surface area contributed by atoms with Crippen LogP contribution in [0.2, 0.25) is 0 Å². The Morgan fingerprint density at radius 2 is 2.25 bits per heavy atom. The van der Waals surface area contributed by atoms with Crippen molar-refractivity contribution in [2.75, 3.05) is 6.61 Å². The van der Waals surface area contributed by atoms with Crippen LogP contribution in [0.25, 0.3) is 0 Å². The van der Waals surface area contributed by atoms with Crippen molar-refractivity contribution in [2.24, 2.45) is 0 Å². The first-order chi connectivity index (χ1) is 7.54. The standard InChI is InChI=1S/C9H13F2N3O2/c1-2-3-8-7(4-15)12-13-14(8)5-9(10,11)6-16/h4,16H,2-3,5-6H2,1H3. The molecule has 0 aromatic carbocycles. The van der Waals surface area contributed by atoms with Crippen LogP contribution in [0, 0.1) is 0 Å². The summed E-state index contributed by atoms with van der Waals surface area (Å²) in [6.07, 6.45) is 1.63. The number of aldehydes is 1. The van der Waals surface area contributed by atoms with E-state index in [0.29, 0.717) is 24.8 Å². The van der Waals surface area contributed by atoms with Crippen LogP contribution in [0.1, 0.15) is 29.5 Å². The molecule has 0 saturated carbocycles. The van der Waals surface area contributed by atoms with E-state index in [1.807, 2.05) is 6.92 Å². The van der Waals surface area contributed by atoms with Crippen molar-refractivity contribution >= 4 is 6.29 Å². The summed E-state index contributed by atoms with van der Waals surface area (Å²) in [7, 11) is 0. The third-order valence-electron chi connectivity index (χ3n) is 2.08. The molecule has 0 saturated heterocycles. The molecular weight excluding hydrogens is 220 g/mol. The zero-order chi connectivity index (χ0) is 12.2. The zero-order valence-corrected chi connectivity index (χ0v) is 8.86. The Labute approximate surface area is 91.1 Å². The zero-order valence-electron chi connectivity index (χ0n) is 8.86. The van der Waals surface area contributed by atoms with Gasteiger partial charge < -0.3 is 5.11 Å². The molecular formula is C9H13F2N3O2. The summed E-state index contributed by atoms with van der Waals surface area (Å²) in [5.74, 6) is -3.25. The van der Waals surface area contributed by atoms with E-state index >= 15 is 0 Å². The molecule has 0 spiro atoms. The fraction of sp³-hybridized carbons (Fsp3) is 0.667. The van der Waals surface area contributed by atoms with Crippen LogP contribution in [0.15, 0.2) is 0 Å². The van der Waals surface area contributed by atoms with Gasteiger partial charge in [0.05, 0.1) is 5.69 Å². The number of hydrogen-bond donors (Lipinski definition) is 1. The van der Waals surface area contributed by atoms with Gasteiger partial charge in [-0.1, -0.05) is 18.6 Å². The van der Waals surface area contributed by atoms with Crippen LogP contribution in [-0.4, -0.2) is 38.9 Å². The lowest BCUT2D eigenvalue weighted by Gasteiger charge is -2.14. The Balaban J connectivity index is 2.95. The molecule has 1 heterocycles. The summed E-state index contributed by atoms with van der Waals surface area (Å²) in [5.41, 5.74) is 0.459. The number of nitrogens with zero attached hydrogens (tertiary/aromatic N) is 3. The van der Waals surface area contributed by atoms with Crippen molar-refractivity contribution in [2.45, 2.75) is 32.2 Å². The average molecular weight is 233 g/mol. The molecule has 0 aliphatic carbocycles. The second kappa shape index (κ2) is 5.11. The molecule has 0 bridgehead atoms. The Morgan fingerprint density at radius 3 is 2.75 bits per heavy atom. The first-order valence-corrected chi connectivity index (χ1v) is 4.90. The van der Waals surface area contributed by atoms with Gasteiger partial charge in [0.2, 0.25) is 0 Å². The highest BCUT2D eigenvalue weighted by Gasteiger charge is 2.30. The summed E-state index contributed by atoms with van der Waals surface area (Å²) in [6, 6.07) is 0. The lowest BCUT2D eigenvalue weighted by Crippen LogP contribution is -2.29. The van der Waals surface area contributed by atoms with E-state index in [4.69, 9.17) is 5.11 Å². The normalized spacial score (nSPS) is 11.8. The molecule has 16 heavy (non-hydrogen) atoms. The lowest BCUT2D eigenvalue weighted by atomic mass is 10.2. The van der Waals surface area contributed by atoms with Gasteiger partial charge >= 0.3 is 0 Å². The minimum absolute atomic E-state index is 0.0792. The number of aromatic nitrogens is 3. The quantitative estimate of drug-likeness (QED) is 0.733. The minimum Gasteiger partial charge on any atom is -0.390 e. The van der Waals surface area contributed by atoms with E-state index in [2.05, 4.69) is 10.3 Å². The summed E-state index contributed by atoms with van der Waals surface area (Å²) in [4.78, 5) is 10.6. The van der Waals surface area contributed by atoms with Crippen molar-refractivity contribution in [3.8, 4) is 0 Å². The SMILES string of the molecule is CCCc1c(C=O)nnn1CC(F)(F)CO. The smallest absolute Gasteiger partial charge is 0.289 e. The number of alkyl halides is 2. The van der Waals surface area contributed by atoms with Gasteiger partial charge in [-0.15, -0.1) is 5.10 Å². The van der Waals surface area contributed by atoms with Crippen LogP contribution >= 0.6 is 0 Å². The van der Waals surface area contributed by atoms with Crippen molar-refractivity contribution in [1.82, 2.24) is 15.0 Å². The number of aliphatic hydroxyl groups is 1. The molecule has 0 aliphatic heterocycles.